The number of nitriles is 1. The molecule has 0 aromatic carbocycles. The quantitative estimate of drug-likeness (QED) is 0.859. The molecule has 0 radical (unpaired) electrons. The second kappa shape index (κ2) is 6.62. The van der Waals surface area contributed by atoms with Crippen LogP contribution in [0.25, 0.3) is 0 Å². The molecule has 1 saturated carbocycles. The van der Waals surface area contributed by atoms with Crippen LogP contribution in [-0.2, 0) is 17.6 Å². The molecule has 5 heteroatoms. The zero-order valence-electron chi connectivity index (χ0n) is 14.2. The number of hydrogen-bond acceptors (Lipinski definition) is 3. The molecule has 0 aliphatic heterocycles. The highest BCUT2D eigenvalue weighted by Gasteiger charge is 2.33. The Morgan fingerprint density at radius 3 is 2.65 bits per heavy atom. The number of amides is 1. The maximum atomic E-state index is 12.5. The molecular weight excluding hydrogens is 306 g/mol. The summed E-state index contributed by atoms with van der Waals surface area (Å²) in [6, 6.07) is 2.91. The standard InChI is InChI=1S/C18H25N3OS/c1-21(2,13-7-3-4-8-13)12-17(22)20-18-15(11-19)14-9-5-6-10-16(14)23-18/h13H,3-10,12H2,1-2H3/p+1. The Morgan fingerprint density at radius 2 is 1.96 bits per heavy atom. The molecule has 1 aromatic heterocycles. The van der Waals surface area contributed by atoms with E-state index in [1.54, 1.807) is 11.3 Å². The lowest BCUT2D eigenvalue weighted by Crippen LogP contribution is -2.51. The second-order valence-electron chi connectivity index (χ2n) is 7.45. The zero-order valence-corrected chi connectivity index (χ0v) is 15.0. The summed E-state index contributed by atoms with van der Waals surface area (Å²) in [4.78, 5) is 13.8. The highest BCUT2D eigenvalue weighted by molar-refractivity contribution is 7.16. The number of carbonyl (C=O) groups excluding carboxylic acids is 1. The van der Waals surface area contributed by atoms with Crippen molar-refractivity contribution in [3.8, 4) is 6.07 Å². The van der Waals surface area contributed by atoms with Gasteiger partial charge in [0, 0.05) is 4.88 Å². The van der Waals surface area contributed by atoms with Crippen molar-refractivity contribution in [3.63, 3.8) is 0 Å². The number of nitrogens with zero attached hydrogens (tertiary/aromatic N) is 2. The first-order chi connectivity index (χ1) is 11.0. The SMILES string of the molecule is C[N+](C)(CC(=O)Nc1sc2c(c1C#N)CCCC2)C1CCCC1. The Balaban J connectivity index is 1.71. The monoisotopic (exact) mass is 332 g/mol. The molecule has 0 spiro atoms. The largest absolute Gasteiger partial charge is 0.318 e. The first kappa shape index (κ1) is 16.5. The first-order valence-electron chi connectivity index (χ1n) is 8.68. The predicted octanol–water partition coefficient (Wildman–Crippen LogP) is 3.46. The van der Waals surface area contributed by atoms with Gasteiger partial charge in [0.05, 0.1) is 25.7 Å². The summed E-state index contributed by atoms with van der Waals surface area (Å²) >= 11 is 1.61. The maximum Gasteiger partial charge on any atom is 0.280 e. The van der Waals surface area contributed by atoms with Gasteiger partial charge in [0.2, 0.25) is 0 Å². The van der Waals surface area contributed by atoms with Crippen LogP contribution in [0.15, 0.2) is 0 Å². The molecule has 1 heterocycles. The molecule has 1 aromatic rings. The smallest absolute Gasteiger partial charge is 0.280 e. The summed E-state index contributed by atoms with van der Waals surface area (Å²) in [5.41, 5.74) is 1.90. The van der Waals surface area contributed by atoms with Gasteiger partial charge in [0.25, 0.3) is 5.91 Å². The molecule has 0 saturated heterocycles. The molecule has 3 rings (SSSR count). The lowest BCUT2D eigenvalue weighted by Gasteiger charge is -2.35. The molecule has 23 heavy (non-hydrogen) atoms. The van der Waals surface area contributed by atoms with Crippen molar-refractivity contribution in [1.29, 1.82) is 5.26 Å². The average Bonchev–Trinajstić information content (AvgIpc) is 3.14. The fourth-order valence-corrected chi connectivity index (χ4v) is 5.30. The molecule has 0 atom stereocenters. The average molecular weight is 332 g/mol. The van der Waals surface area contributed by atoms with Crippen LogP contribution in [0.2, 0.25) is 0 Å². The number of thiophene rings is 1. The molecule has 1 fully saturated rings. The molecule has 0 bridgehead atoms. The van der Waals surface area contributed by atoms with E-state index < -0.39 is 0 Å². The number of likely N-dealkylation sites (N-methyl/N-ethyl adjacent to an activating group) is 1. The Bertz CT molecular complexity index is 635. The van der Waals surface area contributed by atoms with E-state index in [1.165, 1.54) is 42.5 Å². The van der Waals surface area contributed by atoms with Gasteiger partial charge in [-0.25, -0.2) is 0 Å². The zero-order chi connectivity index (χ0) is 16.4. The Hall–Kier alpha value is -1.38. The van der Waals surface area contributed by atoms with Crippen LogP contribution in [0.1, 0.15) is 54.5 Å². The van der Waals surface area contributed by atoms with Crippen LogP contribution >= 0.6 is 11.3 Å². The summed E-state index contributed by atoms with van der Waals surface area (Å²) < 4.78 is 0.749. The molecular formula is C18H26N3OS+. The predicted molar refractivity (Wildman–Crippen MR) is 93.5 cm³/mol. The van der Waals surface area contributed by atoms with Crippen LogP contribution in [0.3, 0.4) is 0 Å². The van der Waals surface area contributed by atoms with Crippen molar-refractivity contribution in [1.82, 2.24) is 0 Å². The number of carbonyl (C=O) groups is 1. The van der Waals surface area contributed by atoms with Gasteiger partial charge in [-0.3, -0.25) is 4.79 Å². The summed E-state index contributed by atoms with van der Waals surface area (Å²) in [5.74, 6) is 0.0389. The fourth-order valence-electron chi connectivity index (χ4n) is 4.04. The van der Waals surface area contributed by atoms with Crippen molar-refractivity contribution in [2.75, 3.05) is 26.0 Å². The number of hydrogen-bond donors (Lipinski definition) is 1. The van der Waals surface area contributed by atoms with Crippen molar-refractivity contribution < 1.29 is 9.28 Å². The Morgan fingerprint density at radius 1 is 1.26 bits per heavy atom. The van der Waals surface area contributed by atoms with Crippen LogP contribution in [0, 0.1) is 11.3 Å². The lowest BCUT2D eigenvalue weighted by atomic mass is 9.96. The summed E-state index contributed by atoms with van der Waals surface area (Å²) in [6.45, 7) is 0.484. The Labute approximate surface area is 142 Å². The normalized spacial score (nSPS) is 18.5. The highest BCUT2D eigenvalue weighted by Crippen LogP contribution is 2.37. The van der Waals surface area contributed by atoms with Crippen LogP contribution in [0.4, 0.5) is 5.00 Å². The van der Waals surface area contributed by atoms with Crippen molar-refractivity contribution in [2.24, 2.45) is 0 Å². The number of fused-ring (bicyclic) bond motifs is 1. The van der Waals surface area contributed by atoms with Gasteiger partial charge in [-0.1, -0.05) is 0 Å². The minimum Gasteiger partial charge on any atom is -0.318 e. The van der Waals surface area contributed by atoms with E-state index in [9.17, 15) is 10.1 Å². The maximum absolute atomic E-state index is 12.5. The van der Waals surface area contributed by atoms with Crippen LogP contribution < -0.4 is 5.32 Å². The van der Waals surface area contributed by atoms with E-state index in [4.69, 9.17) is 0 Å². The lowest BCUT2D eigenvalue weighted by molar-refractivity contribution is -0.906. The summed E-state index contributed by atoms with van der Waals surface area (Å²) in [7, 11) is 4.31. The van der Waals surface area contributed by atoms with E-state index in [1.807, 2.05) is 0 Å². The van der Waals surface area contributed by atoms with E-state index in [0.29, 0.717) is 18.2 Å². The number of anilines is 1. The van der Waals surface area contributed by atoms with E-state index >= 15 is 0 Å². The van der Waals surface area contributed by atoms with Crippen molar-refractivity contribution in [2.45, 2.75) is 57.4 Å². The van der Waals surface area contributed by atoms with E-state index in [-0.39, 0.29) is 5.91 Å². The highest BCUT2D eigenvalue weighted by atomic mass is 32.1. The van der Waals surface area contributed by atoms with Crippen molar-refractivity contribution >= 4 is 22.2 Å². The number of rotatable bonds is 4. The van der Waals surface area contributed by atoms with E-state index in [2.05, 4.69) is 25.5 Å². The number of nitrogens with one attached hydrogen (secondary N) is 1. The van der Waals surface area contributed by atoms with Gasteiger partial charge < -0.3 is 9.80 Å². The van der Waals surface area contributed by atoms with Gasteiger partial charge in [0.15, 0.2) is 6.54 Å². The van der Waals surface area contributed by atoms with Gasteiger partial charge in [-0.2, -0.15) is 5.26 Å². The first-order valence-corrected chi connectivity index (χ1v) is 9.50. The summed E-state index contributed by atoms with van der Waals surface area (Å²) in [5, 5.41) is 13.3. The minimum atomic E-state index is 0.0389. The molecule has 2 aliphatic carbocycles. The van der Waals surface area contributed by atoms with Crippen molar-refractivity contribution in [3.05, 3.63) is 16.0 Å². The third kappa shape index (κ3) is 3.44. The summed E-state index contributed by atoms with van der Waals surface area (Å²) in [6.07, 6.45) is 9.37. The van der Waals surface area contributed by atoms with Gasteiger partial charge in [0.1, 0.15) is 11.1 Å². The number of aryl methyl sites for hydroxylation is 1. The topological polar surface area (TPSA) is 52.9 Å². The van der Waals surface area contributed by atoms with Gasteiger partial charge in [-0.05, 0) is 56.9 Å². The molecule has 1 N–H and O–H groups in total. The van der Waals surface area contributed by atoms with E-state index in [0.717, 1.165) is 28.7 Å². The fraction of sp³-hybridized carbons (Fsp3) is 0.667. The Kier molecular flexibility index (Phi) is 4.74. The molecule has 2 aliphatic rings. The minimum absolute atomic E-state index is 0.0389. The van der Waals surface area contributed by atoms with Crippen LogP contribution in [0.5, 0.6) is 0 Å². The van der Waals surface area contributed by atoms with Gasteiger partial charge >= 0.3 is 0 Å². The van der Waals surface area contributed by atoms with Gasteiger partial charge in [-0.15, -0.1) is 11.3 Å². The number of quaternary nitrogens is 1. The second-order valence-corrected chi connectivity index (χ2v) is 8.56. The molecule has 0 unspecified atom stereocenters. The molecule has 4 nitrogen and oxygen atoms in total. The third-order valence-electron chi connectivity index (χ3n) is 5.40. The third-order valence-corrected chi connectivity index (χ3v) is 6.61. The molecule has 1 amide bonds. The van der Waals surface area contributed by atoms with Crippen LogP contribution in [-0.4, -0.2) is 37.1 Å². The molecule has 124 valence electrons.